The van der Waals surface area contributed by atoms with Crippen molar-refractivity contribution in [3.05, 3.63) is 72.9 Å². The Hall–Kier alpha value is -1.56. The van der Waals surface area contributed by atoms with Gasteiger partial charge in [0, 0.05) is 5.41 Å². The molecule has 0 unspecified atom stereocenters. The Morgan fingerprint density at radius 3 is 2.20 bits per heavy atom. The normalized spacial score (nSPS) is 12.3. The van der Waals surface area contributed by atoms with Crippen LogP contribution in [0.5, 0.6) is 0 Å². The molecule has 0 saturated heterocycles. The van der Waals surface area contributed by atoms with Gasteiger partial charge in [0.15, 0.2) is 0 Å². The van der Waals surface area contributed by atoms with E-state index in [0.717, 1.165) is 0 Å². The van der Waals surface area contributed by atoms with Crippen LogP contribution in [-0.4, -0.2) is 0 Å². The summed E-state index contributed by atoms with van der Waals surface area (Å²) in [4.78, 5) is 0. The van der Waals surface area contributed by atoms with Crippen LogP contribution in [0.15, 0.2) is 67.3 Å². The molecule has 0 aliphatic rings. The van der Waals surface area contributed by atoms with Gasteiger partial charge in [-0.05, 0) is 11.1 Å². The molecule has 0 aliphatic heterocycles. The summed E-state index contributed by atoms with van der Waals surface area (Å²) in [6, 6.07) is 10.4. The SMILES string of the molecule is C=C/C=C(\C=C)C(C)(C)c1ccccc1. The van der Waals surface area contributed by atoms with Crippen molar-refractivity contribution in [3.63, 3.8) is 0 Å². The second-order valence-corrected chi connectivity index (χ2v) is 4.05. The molecule has 0 aromatic heterocycles. The van der Waals surface area contributed by atoms with Gasteiger partial charge in [0.05, 0.1) is 0 Å². The van der Waals surface area contributed by atoms with Crippen LogP contribution in [0.3, 0.4) is 0 Å². The molecule has 0 atom stereocenters. The Balaban J connectivity index is 3.17. The zero-order valence-corrected chi connectivity index (χ0v) is 9.53. The number of rotatable bonds is 4. The summed E-state index contributed by atoms with van der Waals surface area (Å²) in [5, 5.41) is 0. The predicted molar refractivity (Wildman–Crippen MR) is 67.9 cm³/mol. The van der Waals surface area contributed by atoms with E-state index in [1.807, 2.05) is 24.3 Å². The molecule has 0 aliphatic carbocycles. The Morgan fingerprint density at radius 1 is 1.13 bits per heavy atom. The van der Waals surface area contributed by atoms with E-state index in [2.05, 4.69) is 51.3 Å². The van der Waals surface area contributed by atoms with Crippen LogP contribution in [0, 0.1) is 0 Å². The van der Waals surface area contributed by atoms with Gasteiger partial charge in [0.25, 0.3) is 0 Å². The van der Waals surface area contributed by atoms with Gasteiger partial charge >= 0.3 is 0 Å². The minimum atomic E-state index is -0.0167. The standard InChI is InChI=1S/C15H18/c1-5-10-13(6-2)15(3,4)14-11-8-7-9-12-14/h5-12H,1-2H2,3-4H3/b13-10+. The Labute approximate surface area is 92.6 Å². The maximum Gasteiger partial charge on any atom is 0.0146 e. The van der Waals surface area contributed by atoms with Crippen molar-refractivity contribution in [2.24, 2.45) is 0 Å². The predicted octanol–water partition coefficient (Wildman–Crippen LogP) is 4.26. The molecule has 0 heterocycles. The Morgan fingerprint density at radius 2 is 1.73 bits per heavy atom. The molecule has 0 N–H and O–H groups in total. The summed E-state index contributed by atoms with van der Waals surface area (Å²) in [5.41, 5.74) is 2.46. The minimum absolute atomic E-state index is 0.0167. The molecule has 0 radical (unpaired) electrons. The van der Waals surface area contributed by atoms with Crippen LogP contribution in [-0.2, 0) is 5.41 Å². The minimum Gasteiger partial charge on any atom is -0.0991 e. The topological polar surface area (TPSA) is 0 Å². The van der Waals surface area contributed by atoms with Crippen molar-refractivity contribution in [2.75, 3.05) is 0 Å². The fourth-order valence-electron chi connectivity index (χ4n) is 1.68. The fraction of sp³-hybridized carbons (Fsp3) is 0.200. The van der Waals surface area contributed by atoms with Gasteiger partial charge < -0.3 is 0 Å². The summed E-state index contributed by atoms with van der Waals surface area (Å²) in [6.45, 7) is 12.0. The van der Waals surface area contributed by atoms with E-state index >= 15 is 0 Å². The first-order valence-corrected chi connectivity index (χ1v) is 5.14. The van der Waals surface area contributed by atoms with Crippen LogP contribution < -0.4 is 0 Å². The van der Waals surface area contributed by atoms with Crippen molar-refractivity contribution in [3.8, 4) is 0 Å². The summed E-state index contributed by atoms with van der Waals surface area (Å²) in [7, 11) is 0. The van der Waals surface area contributed by atoms with Gasteiger partial charge in [-0.2, -0.15) is 0 Å². The van der Waals surface area contributed by atoms with E-state index in [9.17, 15) is 0 Å². The second kappa shape index (κ2) is 4.79. The van der Waals surface area contributed by atoms with E-state index in [1.54, 1.807) is 0 Å². The molecule has 1 aromatic rings. The molecule has 1 rings (SSSR count). The largest absolute Gasteiger partial charge is 0.0991 e. The third-order valence-electron chi connectivity index (χ3n) is 2.73. The van der Waals surface area contributed by atoms with Gasteiger partial charge in [-0.15, -0.1) is 0 Å². The third kappa shape index (κ3) is 2.47. The van der Waals surface area contributed by atoms with E-state index in [4.69, 9.17) is 0 Å². The van der Waals surface area contributed by atoms with Crippen LogP contribution in [0.25, 0.3) is 0 Å². The van der Waals surface area contributed by atoms with E-state index < -0.39 is 0 Å². The summed E-state index contributed by atoms with van der Waals surface area (Å²) in [6.07, 6.45) is 5.72. The molecule has 0 fully saturated rings. The van der Waals surface area contributed by atoms with Crippen molar-refractivity contribution >= 4 is 0 Å². The Bertz CT molecular complexity index is 366. The maximum absolute atomic E-state index is 3.86. The molecule has 0 spiro atoms. The van der Waals surface area contributed by atoms with Gasteiger partial charge in [-0.1, -0.05) is 75.6 Å². The lowest BCUT2D eigenvalue weighted by molar-refractivity contribution is 0.640. The summed E-state index contributed by atoms with van der Waals surface area (Å²) in [5.74, 6) is 0. The average Bonchev–Trinajstić information content (AvgIpc) is 2.27. The van der Waals surface area contributed by atoms with Gasteiger partial charge in [0.1, 0.15) is 0 Å². The molecular weight excluding hydrogens is 180 g/mol. The lowest BCUT2D eigenvalue weighted by Crippen LogP contribution is -2.18. The molecule has 15 heavy (non-hydrogen) atoms. The monoisotopic (exact) mass is 198 g/mol. The summed E-state index contributed by atoms with van der Waals surface area (Å²) >= 11 is 0. The van der Waals surface area contributed by atoms with Crippen molar-refractivity contribution in [1.82, 2.24) is 0 Å². The average molecular weight is 198 g/mol. The third-order valence-corrected chi connectivity index (χ3v) is 2.73. The first kappa shape index (κ1) is 11.5. The zero-order valence-electron chi connectivity index (χ0n) is 9.53. The van der Waals surface area contributed by atoms with Crippen molar-refractivity contribution in [2.45, 2.75) is 19.3 Å². The molecule has 1 aromatic carbocycles. The quantitative estimate of drug-likeness (QED) is 0.634. The van der Waals surface area contributed by atoms with E-state index in [-0.39, 0.29) is 5.41 Å². The molecule has 0 heteroatoms. The molecule has 0 saturated carbocycles. The first-order chi connectivity index (χ1) is 7.12. The van der Waals surface area contributed by atoms with Crippen LogP contribution in [0.4, 0.5) is 0 Å². The van der Waals surface area contributed by atoms with Crippen LogP contribution in [0.1, 0.15) is 19.4 Å². The van der Waals surface area contributed by atoms with E-state index in [0.29, 0.717) is 0 Å². The summed E-state index contributed by atoms with van der Waals surface area (Å²) < 4.78 is 0. The zero-order chi connectivity index (χ0) is 11.3. The fourth-order valence-corrected chi connectivity index (χ4v) is 1.68. The second-order valence-electron chi connectivity index (χ2n) is 4.05. The maximum atomic E-state index is 3.86. The Kier molecular flexibility index (Phi) is 3.68. The van der Waals surface area contributed by atoms with Gasteiger partial charge in [0.2, 0.25) is 0 Å². The smallest absolute Gasteiger partial charge is 0.0146 e. The molecule has 0 bridgehead atoms. The van der Waals surface area contributed by atoms with Gasteiger partial charge in [-0.3, -0.25) is 0 Å². The number of allylic oxidation sites excluding steroid dienone is 4. The van der Waals surface area contributed by atoms with Gasteiger partial charge in [-0.25, -0.2) is 0 Å². The lowest BCUT2D eigenvalue weighted by atomic mass is 9.77. The molecule has 78 valence electrons. The highest BCUT2D eigenvalue weighted by Crippen LogP contribution is 2.31. The molecule has 0 amide bonds. The highest BCUT2D eigenvalue weighted by molar-refractivity contribution is 5.40. The van der Waals surface area contributed by atoms with Crippen molar-refractivity contribution < 1.29 is 0 Å². The van der Waals surface area contributed by atoms with Crippen molar-refractivity contribution in [1.29, 1.82) is 0 Å². The highest BCUT2D eigenvalue weighted by atomic mass is 14.3. The number of benzene rings is 1. The first-order valence-electron chi connectivity index (χ1n) is 5.14. The number of hydrogen-bond acceptors (Lipinski definition) is 0. The highest BCUT2D eigenvalue weighted by Gasteiger charge is 2.22. The van der Waals surface area contributed by atoms with E-state index in [1.165, 1.54) is 11.1 Å². The molecular formula is C15H18. The van der Waals surface area contributed by atoms with Crippen LogP contribution in [0.2, 0.25) is 0 Å². The number of hydrogen-bond donors (Lipinski definition) is 0. The molecule has 0 nitrogen and oxygen atoms in total. The van der Waals surface area contributed by atoms with Crippen LogP contribution >= 0.6 is 0 Å². The lowest BCUT2D eigenvalue weighted by Gasteiger charge is -2.26.